The fourth-order valence-corrected chi connectivity index (χ4v) is 1.19. The van der Waals surface area contributed by atoms with Gasteiger partial charge in [-0.3, -0.25) is 0 Å². The second-order valence-electron chi connectivity index (χ2n) is 1.58. The highest BCUT2D eigenvalue weighted by molar-refractivity contribution is 14.1. The van der Waals surface area contributed by atoms with E-state index < -0.39 is 0 Å². The van der Waals surface area contributed by atoms with Gasteiger partial charge in [0.25, 0.3) is 0 Å². The highest BCUT2D eigenvalue weighted by Gasteiger charge is 1.92. The molecule has 0 aliphatic rings. The molecule has 0 aromatic carbocycles. The summed E-state index contributed by atoms with van der Waals surface area (Å²) in [4.78, 5) is 4.08. The van der Waals surface area contributed by atoms with Crippen molar-refractivity contribution in [2.45, 2.75) is 0 Å². The Labute approximate surface area is 67.8 Å². The van der Waals surface area contributed by atoms with Gasteiger partial charge in [0.15, 0.2) is 0 Å². The van der Waals surface area contributed by atoms with Crippen molar-refractivity contribution in [2.75, 3.05) is 12.4 Å². The summed E-state index contributed by atoms with van der Waals surface area (Å²) in [6.07, 6.45) is 1.77. The third-order valence-corrected chi connectivity index (χ3v) is 1.87. The van der Waals surface area contributed by atoms with Gasteiger partial charge in [-0.2, -0.15) is 0 Å². The largest absolute Gasteiger partial charge is 0.372 e. The van der Waals surface area contributed by atoms with E-state index in [4.69, 9.17) is 0 Å². The minimum Gasteiger partial charge on any atom is -0.372 e. The van der Waals surface area contributed by atoms with Gasteiger partial charge in [-0.25, -0.2) is 4.98 Å². The Morgan fingerprint density at radius 3 is 2.89 bits per heavy atom. The zero-order valence-electron chi connectivity index (χ0n) is 5.06. The van der Waals surface area contributed by atoms with E-state index >= 15 is 0 Å². The first-order chi connectivity index (χ1) is 4.34. The molecule has 0 saturated carbocycles. The lowest BCUT2D eigenvalue weighted by Gasteiger charge is -1.98. The third-order valence-electron chi connectivity index (χ3n) is 0.995. The second-order valence-corrected chi connectivity index (χ2v) is 2.75. The fraction of sp³-hybridized carbons (Fsp3) is 0.167. The van der Waals surface area contributed by atoms with Crippen LogP contribution in [-0.4, -0.2) is 12.0 Å². The van der Waals surface area contributed by atoms with Gasteiger partial charge >= 0.3 is 0 Å². The Balaban J connectivity index is 3.01. The molecule has 0 fully saturated rings. The lowest BCUT2D eigenvalue weighted by Crippen LogP contribution is -1.93. The van der Waals surface area contributed by atoms with Crippen LogP contribution >= 0.6 is 22.6 Å². The van der Waals surface area contributed by atoms with E-state index in [1.54, 1.807) is 6.20 Å². The number of hydrogen-bond acceptors (Lipinski definition) is 2. The van der Waals surface area contributed by atoms with Gasteiger partial charge < -0.3 is 5.32 Å². The third kappa shape index (κ3) is 1.54. The summed E-state index contributed by atoms with van der Waals surface area (Å²) in [7, 11) is 1.87. The molecule has 2 nitrogen and oxygen atoms in total. The van der Waals surface area contributed by atoms with Crippen molar-refractivity contribution < 1.29 is 0 Å². The highest BCUT2D eigenvalue weighted by atomic mass is 127. The molecule has 9 heavy (non-hydrogen) atoms. The van der Waals surface area contributed by atoms with Crippen LogP contribution < -0.4 is 5.32 Å². The molecule has 0 aliphatic carbocycles. The number of hydrogen-bond donors (Lipinski definition) is 1. The monoisotopic (exact) mass is 234 g/mol. The van der Waals surface area contributed by atoms with Crippen LogP contribution in [0.2, 0.25) is 0 Å². The van der Waals surface area contributed by atoms with Gasteiger partial charge in [0.1, 0.15) is 5.82 Å². The molecule has 1 N–H and O–H groups in total. The van der Waals surface area contributed by atoms with E-state index in [0.29, 0.717) is 0 Å². The Kier molecular flexibility index (Phi) is 2.27. The van der Waals surface area contributed by atoms with Crippen LogP contribution in [0.5, 0.6) is 0 Å². The van der Waals surface area contributed by atoms with E-state index in [0.717, 1.165) is 9.39 Å². The number of nitrogens with zero attached hydrogens (tertiary/aromatic N) is 1. The average molecular weight is 234 g/mol. The zero-order chi connectivity index (χ0) is 6.69. The van der Waals surface area contributed by atoms with Gasteiger partial charge in [0, 0.05) is 13.2 Å². The Hall–Kier alpha value is -0.320. The summed E-state index contributed by atoms with van der Waals surface area (Å²) < 4.78 is 1.15. The standard InChI is InChI=1S/C6H7IN2/c1-8-6-5(7)3-2-4-9-6/h2-4H,1H3,(H,8,9). The van der Waals surface area contributed by atoms with Crippen molar-refractivity contribution in [2.24, 2.45) is 0 Å². The van der Waals surface area contributed by atoms with Crippen LogP contribution in [-0.2, 0) is 0 Å². The fourth-order valence-electron chi connectivity index (χ4n) is 0.570. The van der Waals surface area contributed by atoms with E-state index in [1.165, 1.54) is 0 Å². The predicted octanol–water partition coefficient (Wildman–Crippen LogP) is 1.73. The minimum atomic E-state index is 0.943. The highest BCUT2D eigenvalue weighted by Crippen LogP contribution is 2.11. The van der Waals surface area contributed by atoms with Crippen LogP contribution in [0.15, 0.2) is 18.3 Å². The van der Waals surface area contributed by atoms with E-state index in [-0.39, 0.29) is 0 Å². The van der Waals surface area contributed by atoms with Gasteiger partial charge in [-0.05, 0) is 34.7 Å². The Morgan fingerprint density at radius 2 is 2.44 bits per heavy atom. The van der Waals surface area contributed by atoms with Crippen LogP contribution in [0.25, 0.3) is 0 Å². The molecule has 1 aromatic heterocycles. The molecule has 48 valence electrons. The maximum Gasteiger partial charge on any atom is 0.139 e. The molecule has 0 radical (unpaired) electrons. The quantitative estimate of drug-likeness (QED) is 0.748. The van der Waals surface area contributed by atoms with E-state index in [1.807, 2.05) is 19.2 Å². The van der Waals surface area contributed by atoms with Crippen molar-refractivity contribution in [3.05, 3.63) is 21.9 Å². The molecule has 0 amide bonds. The van der Waals surface area contributed by atoms with Gasteiger partial charge in [0.05, 0.1) is 3.57 Å². The molecule has 3 heteroatoms. The maximum absolute atomic E-state index is 4.08. The molecule has 0 spiro atoms. The van der Waals surface area contributed by atoms with E-state index in [2.05, 4.69) is 32.9 Å². The number of aromatic nitrogens is 1. The van der Waals surface area contributed by atoms with Gasteiger partial charge in [-0.1, -0.05) is 0 Å². The SMILES string of the molecule is CNc1ncccc1I. The summed E-state index contributed by atoms with van der Waals surface area (Å²) in [6, 6.07) is 3.93. The predicted molar refractivity (Wildman–Crippen MR) is 46.5 cm³/mol. The summed E-state index contributed by atoms with van der Waals surface area (Å²) in [6.45, 7) is 0. The van der Waals surface area contributed by atoms with Crippen molar-refractivity contribution >= 4 is 28.4 Å². The number of pyridine rings is 1. The normalized spacial score (nSPS) is 9.11. The van der Waals surface area contributed by atoms with Crippen molar-refractivity contribution in [3.8, 4) is 0 Å². The number of halogens is 1. The molecule has 0 saturated heterocycles. The first-order valence-electron chi connectivity index (χ1n) is 2.63. The first-order valence-corrected chi connectivity index (χ1v) is 3.70. The van der Waals surface area contributed by atoms with Crippen LogP contribution in [0.1, 0.15) is 0 Å². The average Bonchev–Trinajstić information content (AvgIpc) is 1.89. The zero-order valence-corrected chi connectivity index (χ0v) is 7.21. The van der Waals surface area contributed by atoms with Crippen LogP contribution in [0.4, 0.5) is 5.82 Å². The summed E-state index contributed by atoms with van der Waals surface area (Å²) in [5, 5.41) is 2.98. The number of anilines is 1. The summed E-state index contributed by atoms with van der Waals surface area (Å²) >= 11 is 2.24. The molecule has 0 atom stereocenters. The molecule has 1 heterocycles. The molecular formula is C6H7IN2. The van der Waals surface area contributed by atoms with Crippen molar-refractivity contribution in [1.29, 1.82) is 0 Å². The maximum atomic E-state index is 4.08. The summed E-state index contributed by atoms with van der Waals surface area (Å²) in [5.41, 5.74) is 0. The number of rotatable bonds is 1. The van der Waals surface area contributed by atoms with Crippen molar-refractivity contribution in [3.63, 3.8) is 0 Å². The van der Waals surface area contributed by atoms with E-state index in [9.17, 15) is 0 Å². The second kappa shape index (κ2) is 3.00. The molecule has 1 rings (SSSR count). The lowest BCUT2D eigenvalue weighted by atomic mass is 10.5. The minimum absolute atomic E-state index is 0.943. The molecule has 1 aromatic rings. The van der Waals surface area contributed by atoms with Crippen LogP contribution in [0, 0.1) is 3.57 Å². The lowest BCUT2D eigenvalue weighted by molar-refractivity contribution is 1.27. The van der Waals surface area contributed by atoms with Gasteiger partial charge in [-0.15, -0.1) is 0 Å². The van der Waals surface area contributed by atoms with Crippen LogP contribution in [0.3, 0.4) is 0 Å². The smallest absolute Gasteiger partial charge is 0.139 e. The Morgan fingerprint density at radius 1 is 1.67 bits per heavy atom. The molecular weight excluding hydrogens is 227 g/mol. The summed E-state index contributed by atoms with van der Waals surface area (Å²) in [5.74, 6) is 0.943. The Bertz CT molecular complexity index is 200. The first kappa shape index (κ1) is 6.80. The molecule has 0 aliphatic heterocycles. The van der Waals surface area contributed by atoms with Gasteiger partial charge in [0.2, 0.25) is 0 Å². The number of nitrogens with one attached hydrogen (secondary N) is 1. The topological polar surface area (TPSA) is 24.9 Å². The molecule has 0 unspecified atom stereocenters. The van der Waals surface area contributed by atoms with Crippen molar-refractivity contribution in [1.82, 2.24) is 4.98 Å². The molecule has 0 bridgehead atoms.